The summed E-state index contributed by atoms with van der Waals surface area (Å²) in [6, 6.07) is 17.4. The van der Waals surface area contributed by atoms with E-state index in [4.69, 9.17) is 0 Å². The summed E-state index contributed by atoms with van der Waals surface area (Å²) in [5, 5.41) is 3.06. The Balaban J connectivity index is 2.36. The molecule has 0 bridgehead atoms. The molecule has 0 radical (unpaired) electrons. The number of amides is 2. The lowest BCUT2D eigenvalue weighted by Crippen LogP contribution is -2.54. The number of carbonyl (C=O) groups is 2. The van der Waals surface area contributed by atoms with E-state index in [0.29, 0.717) is 19.4 Å². The van der Waals surface area contributed by atoms with Crippen molar-refractivity contribution in [2.75, 3.05) is 0 Å². The molecule has 0 aliphatic rings. The van der Waals surface area contributed by atoms with Crippen LogP contribution in [0.25, 0.3) is 0 Å². The quantitative estimate of drug-likeness (QED) is 0.780. The molecule has 1 N–H and O–H groups in total. The van der Waals surface area contributed by atoms with E-state index in [1.165, 1.54) is 5.56 Å². The van der Waals surface area contributed by atoms with Gasteiger partial charge in [-0.15, -0.1) is 0 Å². The third-order valence-electron chi connectivity index (χ3n) is 4.55. The first-order chi connectivity index (χ1) is 13.2. The molecule has 0 spiro atoms. The van der Waals surface area contributed by atoms with E-state index in [-0.39, 0.29) is 17.4 Å². The van der Waals surface area contributed by atoms with Gasteiger partial charge >= 0.3 is 0 Å². The molecule has 0 saturated carbocycles. The molecule has 2 amide bonds. The van der Waals surface area contributed by atoms with Crippen LogP contribution in [0.3, 0.4) is 0 Å². The maximum Gasteiger partial charge on any atom is 0.243 e. The summed E-state index contributed by atoms with van der Waals surface area (Å²) in [6.07, 6.45) is 0.848. The molecule has 2 aromatic carbocycles. The maximum absolute atomic E-state index is 13.2. The fraction of sp³-hybridized carbons (Fsp3) is 0.417. The van der Waals surface area contributed by atoms with Crippen LogP contribution in [0.2, 0.25) is 0 Å². The van der Waals surface area contributed by atoms with Gasteiger partial charge in [0.2, 0.25) is 11.8 Å². The van der Waals surface area contributed by atoms with Gasteiger partial charge in [-0.25, -0.2) is 0 Å². The molecule has 4 heteroatoms. The molecule has 150 valence electrons. The monoisotopic (exact) mass is 380 g/mol. The lowest BCUT2D eigenvalue weighted by Gasteiger charge is -2.33. The zero-order valence-electron chi connectivity index (χ0n) is 17.7. The van der Waals surface area contributed by atoms with Crippen LogP contribution in [0.15, 0.2) is 54.6 Å². The molecule has 0 aliphatic carbocycles. The zero-order chi connectivity index (χ0) is 20.7. The smallest absolute Gasteiger partial charge is 0.243 e. The summed E-state index contributed by atoms with van der Waals surface area (Å²) >= 11 is 0. The molecule has 0 unspecified atom stereocenters. The molecule has 0 heterocycles. The minimum absolute atomic E-state index is 0.0226. The van der Waals surface area contributed by atoms with Crippen LogP contribution in [-0.2, 0) is 22.6 Å². The SMILES string of the molecule is CCC(=O)N(Cc1ccc(C)cc1)[C@H](Cc1ccccc1)C(=O)NC(C)(C)C. The van der Waals surface area contributed by atoms with E-state index in [1.807, 2.05) is 89.2 Å². The summed E-state index contributed by atoms with van der Waals surface area (Å²) in [5.41, 5.74) is 2.86. The van der Waals surface area contributed by atoms with Crippen molar-refractivity contribution in [1.82, 2.24) is 10.2 Å². The average Bonchev–Trinajstić information content (AvgIpc) is 2.65. The van der Waals surface area contributed by atoms with Gasteiger partial charge < -0.3 is 10.2 Å². The number of carbonyl (C=O) groups excluding carboxylic acids is 2. The highest BCUT2D eigenvalue weighted by atomic mass is 16.2. The summed E-state index contributed by atoms with van der Waals surface area (Å²) in [6.45, 7) is 10.2. The Hall–Kier alpha value is -2.62. The second-order valence-corrected chi connectivity index (χ2v) is 8.31. The third-order valence-corrected chi connectivity index (χ3v) is 4.55. The molecule has 4 nitrogen and oxygen atoms in total. The van der Waals surface area contributed by atoms with E-state index in [0.717, 1.165) is 11.1 Å². The van der Waals surface area contributed by atoms with Gasteiger partial charge in [0.15, 0.2) is 0 Å². The fourth-order valence-corrected chi connectivity index (χ4v) is 3.10. The van der Waals surface area contributed by atoms with Gasteiger partial charge in [-0.3, -0.25) is 9.59 Å². The molecular weight excluding hydrogens is 348 g/mol. The van der Waals surface area contributed by atoms with Gasteiger partial charge in [-0.2, -0.15) is 0 Å². The molecule has 2 rings (SSSR count). The van der Waals surface area contributed by atoms with Gasteiger partial charge in [0, 0.05) is 24.9 Å². The minimum Gasteiger partial charge on any atom is -0.350 e. The third kappa shape index (κ3) is 6.52. The number of rotatable bonds is 7. The standard InChI is InChI=1S/C24H32N2O2/c1-6-22(27)26(17-20-14-12-18(2)13-15-20)21(23(28)25-24(3,4)5)16-19-10-8-7-9-11-19/h7-15,21H,6,16-17H2,1-5H3,(H,25,28)/t21-/m1/s1. The second kappa shape index (κ2) is 9.54. The van der Waals surface area contributed by atoms with Crippen molar-refractivity contribution < 1.29 is 9.59 Å². The normalized spacial score (nSPS) is 12.3. The highest BCUT2D eigenvalue weighted by Gasteiger charge is 2.31. The van der Waals surface area contributed by atoms with Crippen LogP contribution in [-0.4, -0.2) is 28.3 Å². The first-order valence-electron chi connectivity index (χ1n) is 9.90. The second-order valence-electron chi connectivity index (χ2n) is 8.31. The number of hydrogen-bond acceptors (Lipinski definition) is 2. The van der Waals surface area contributed by atoms with E-state index < -0.39 is 6.04 Å². The van der Waals surface area contributed by atoms with Gasteiger partial charge in [-0.1, -0.05) is 67.1 Å². The minimum atomic E-state index is -0.560. The van der Waals surface area contributed by atoms with Crippen molar-refractivity contribution in [2.45, 2.75) is 65.6 Å². The number of benzene rings is 2. The van der Waals surface area contributed by atoms with E-state index >= 15 is 0 Å². The molecular formula is C24H32N2O2. The molecule has 0 aromatic heterocycles. The van der Waals surface area contributed by atoms with Crippen molar-refractivity contribution in [3.8, 4) is 0 Å². The van der Waals surface area contributed by atoms with Crippen LogP contribution in [0, 0.1) is 6.92 Å². The lowest BCUT2D eigenvalue weighted by molar-refractivity contribution is -0.141. The van der Waals surface area contributed by atoms with Gasteiger partial charge in [0.05, 0.1) is 0 Å². The van der Waals surface area contributed by atoms with Crippen LogP contribution < -0.4 is 5.32 Å². The van der Waals surface area contributed by atoms with Crippen LogP contribution in [0.4, 0.5) is 0 Å². The summed E-state index contributed by atoms with van der Waals surface area (Å²) in [4.78, 5) is 27.7. The predicted molar refractivity (Wildman–Crippen MR) is 114 cm³/mol. The van der Waals surface area contributed by atoms with Crippen molar-refractivity contribution >= 4 is 11.8 Å². The van der Waals surface area contributed by atoms with Crippen molar-refractivity contribution in [2.24, 2.45) is 0 Å². The Labute approximate surface area is 169 Å². The van der Waals surface area contributed by atoms with Gasteiger partial charge in [-0.05, 0) is 38.8 Å². The Morgan fingerprint density at radius 2 is 1.57 bits per heavy atom. The molecule has 1 atom stereocenters. The summed E-state index contributed by atoms with van der Waals surface area (Å²) < 4.78 is 0. The fourth-order valence-electron chi connectivity index (χ4n) is 3.10. The summed E-state index contributed by atoms with van der Waals surface area (Å²) in [7, 11) is 0. The van der Waals surface area contributed by atoms with Crippen molar-refractivity contribution in [3.63, 3.8) is 0 Å². The van der Waals surface area contributed by atoms with Crippen LogP contribution >= 0.6 is 0 Å². The Morgan fingerprint density at radius 1 is 0.964 bits per heavy atom. The number of nitrogens with zero attached hydrogens (tertiary/aromatic N) is 1. The maximum atomic E-state index is 13.2. The Morgan fingerprint density at radius 3 is 2.11 bits per heavy atom. The largest absolute Gasteiger partial charge is 0.350 e. The highest BCUT2D eigenvalue weighted by molar-refractivity contribution is 5.88. The molecule has 0 fully saturated rings. The molecule has 0 aliphatic heterocycles. The van der Waals surface area contributed by atoms with Crippen LogP contribution in [0.1, 0.15) is 50.8 Å². The topological polar surface area (TPSA) is 49.4 Å². The van der Waals surface area contributed by atoms with Crippen molar-refractivity contribution in [3.05, 3.63) is 71.3 Å². The van der Waals surface area contributed by atoms with E-state index in [2.05, 4.69) is 5.32 Å². The number of aryl methyl sites for hydroxylation is 1. The highest BCUT2D eigenvalue weighted by Crippen LogP contribution is 2.17. The first kappa shape index (κ1) is 21.7. The Kier molecular flexibility index (Phi) is 7.38. The van der Waals surface area contributed by atoms with E-state index in [1.54, 1.807) is 4.90 Å². The van der Waals surface area contributed by atoms with Crippen LogP contribution in [0.5, 0.6) is 0 Å². The molecule has 2 aromatic rings. The molecule has 0 saturated heterocycles. The van der Waals surface area contributed by atoms with Gasteiger partial charge in [0.25, 0.3) is 0 Å². The zero-order valence-corrected chi connectivity index (χ0v) is 17.7. The number of hydrogen-bond donors (Lipinski definition) is 1. The van der Waals surface area contributed by atoms with Crippen molar-refractivity contribution in [1.29, 1.82) is 0 Å². The Bertz CT molecular complexity index is 777. The molecule has 28 heavy (non-hydrogen) atoms. The first-order valence-corrected chi connectivity index (χ1v) is 9.90. The van der Waals surface area contributed by atoms with Gasteiger partial charge in [0.1, 0.15) is 6.04 Å². The summed E-state index contributed by atoms with van der Waals surface area (Å²) in [5.74, 6) is -0.143. The number of nitrogens with one attached hydrogen (secondary N) is 1. The average molecular weight is 381 g/mol. The lowest BCUT2D eigenvalue weighted by atomic mass is 10.0. The predicted octanol–water partition coefficient (Wildman–Crippen LogP) is 4.26. The van der Waals surface area contributed by atoms with E-state index in [9.17, 15) is 9.59 Å².